The second-order valence-corrected chi connectivity index (χ2v) is 4.41. The maximum atomic E-state index is 5.56. The van der Waals surface area contributed by atoms with Gasteiger partial charge in [0.25, 0.3) is 0 Å². The molecular formula is C10H6Br2O2. The summed E-state index contributed by atoms with van der Waals surface area (Å²) >= 11 is 6.78. The Morgan fingerprint density at radius 2 is 2.00 bits per heavy atom. The van der Waals surface area contributed by atoms with Crippen molar-refractivity contribution in [1.29, 1.82) is 0 Å². The molecule has 0 bridgehead atoms. The number of benzene rings is 1. The Morgan fingerprint density at radius 1 is 1.14 bits per heavy atom. The summed E-state index contributed by atoms with van der Waals surface area (Å²) in [5.41, 5.74) is 0. The Balaban J connectivity index is 2.28. The number of furan rings is 1. The van der Waals surface area contributed by atoms with E-state index in [9.17, 15) is 0 Å². The van der Waals surface area contributed by atoms with Crippen molar-refractivity contribution in [2.24, 2.45) is 0 Å². The van der Waals surface area contributed by atoms with E-state index in [4.69, 9.17) is 9.15 Å². The molecule has 0 aliphatic heterocycles. The van der Waals surface area contributed by atoms with Crippen molar-refractivity contribution in [2.75, 3.05) is 0 Å². The first-order chi connectivity index (χ1) is 6.75. The lowest BCUT2D eigenvalue weighted by molar-refractivity contribution is 0.463. The van der Waals surface area contributed by atoms with E-state index in [-0.39, 0.29) is 0 Å². The zero-order valence-corrected chi connectivity index (χ0v) is 10.2. The molecule has 0 atom stereocenters. The van der Waals surface area contributed by atoms with Gasteiger partial charge in [-0.3, -0.25) is 0 Å². The molecule has 4 heteroatoms. The number of rotatable bonds is 2. The molecule has 0 fully saturated rings. The fraction of sp³-hybridized carbons (Fsp3) is 0. The summed E-state index contributed by atoms with van der Waals surface area (Å²) in [5, 5.41) is 0. The van der Waals surface area contributed by atoms with E-state index < -0.39 is 0 Å². The van der Waals surface area contributed by atoms with Gasteiger partial charge in [-0.25, -0.2) is 0 Å². The molecule has 2 rings (SSSR count). The van der Waals surface area contributed by atoms with Gasteiger partial charge in [-0.15, -0.1) is 0 Å². The van der Waals surface area contributed by atoms with Gasteiger partial charge in [0.15, 0.2) is 5.75 Å². The molecule has 0 aliphatic carbocycles. The largest absolute Gasteiger partial charge is 0.469 e. The van der Waals surface area contributed by atoms with Crippen LogP contribution in [0.1, 0.15) is 0 Å². The van der Waals surface area contributed by atoms with E-state index in [1.54, 1.807) is 18.6 Å². The van der Waals surface area contributed by atoms with Crippen LogP contribution in [0.3, 0.4) is 0 Å². The van der Waals surface area contributed by atoms with Crippen molar-refractivity contribution in [1.82, 2.24) is 0 Å². The third-order valence-electron chi connectivity index (χ3n) is 1.62. The van der Waals surface area contributed by atoms with Crippen LogP contribution in [0.4, 0.5) is 0 Å². The lowest BCUT2D eigenvalue weighted by Gasteiger charge is -2.05. The Morgan fingerprint density at radius 3 is 2.71 bits per heavy atom. The van der Waals surface area contributed by atoms with Gasteiger partial charge in [0, 0.05) is 10.5 Å². The number of hydrogen-bond acceptors (Lipinski definition) is 2. The summed E-state index contributed by atoms with van der Waals surface area (Å²) in [6.07, 6.45) is 3.12. The van der Waals surface area contributed by atoms with Gasteiger partial charge in [-0.05, 0) is 34.1 Å². The molecule has 72 valence electrons. The van der Waals surface area contributed by atoms with Crippen LogP contribution in [-0.4, -0.2) is 0 Å². The fourth-order valence-electron chi connectivity index (χ4n) is 0.992. The highest BCUT2D eigenvalue weighted by atomic mass is 79.9. The summed E-state index contributed by atoms with van der Waals surface area (Å²) in [7, 11) is 0. The molecule has 0 radical (unpaired) electrons. The smallest absolute Gasteiger partial charge is 0.165 e. The molecule has 14 heavy (non-hydrogen) atoms. The van der Waals surface area contributed by atoms with Crippen LogP contribution >= 0.6 is 31.9 Å². The van der Waals surface area contributed by atoms with Gasteiger partial charge in [0.2, 0.25) is 0 Å². The molecule has 1 aromatic carbocycles. The SMILES string of the molecule is Brc1ccc(Br)c(Oc2ccoc2)c1. The van der Waals surface area contributed by atoms with Crippen LogP contribution < -0.4 is 4.74 Å². The maximum Gasteiger partial charge on any atom is 0.165 e. The summed E-state index contributed by atoms with van der Waals surface area (Å²) in [5.74, 6) is 1.43. The zero-order valence-electron chi connectivity index (χ0n) is 7.04. The minimum Gasteiger partial charge on any atom is -0.469 e. The maximum absolute atomic E-state index is 5.56. The van der Waals surface area contributed by atoms with Gasteiger partial charge in [0.05, 0.1) is 10.7 Å². The van der Waals surface area contributed by atoms with Crippen LogP contribution in [0.5, 0.6) is 11.5 Å². The molecular weight excluding hydrogens is 312 g/mol. The molecule has 1 heterocycles. The van der Waals surface area contributed by atoms with Crippen LogP contribution in [-0.2, 0) is 0 Å². The summed E-state index contributed by atoms with van der Waals surface area (Å²) < 4.78 is 12.3. The van der Waals surface area contributed by atoms with Crippen molar-refractivity contribution in [2.45, 2.75) is 0 Å². The van der Waals surface area contributed by atoms with E-state index >= 15 is 0 Å². The molecule has 0 N–H and O–H groups in total. The summed E-state index contributed by atoms with van der Waals surface area (Å²) in [6, 6.07) is 7.50. The van der Waals surface area contributed by atoms with Crippen molar-refractivity contribution >= 4 is 31.9 Å². The lowest BCUT2D eigenvalue weighted by Crippen LogP contribution is -1.82. The van der Waals surface area contributed by atoms with Gasteiger partial charge >= 0.3 is 0 Å². The second kappa shape index (κ2) is 4.19. The van der Waals surface area contributed by atoms with E-state index in [0.29, 0.717) is 5.75 Å². The normalized spacial score (nSPS) is 10.1. The van der Waals surface area contributed by atoms with E-state index in [2.05, 4.69) is 31.9 Å². The average Bonchev–Trinajstić information content (AvgIpc) is 2.64. The Bertz CT molecular complexity index is 424. The first-order valence-electron chi connectivity index (χ1n) is 3.91. The number of ether oxygens (including phenoxy) is 1. The van der Waals surface area contributed by atoms with E-state index in [0.717, 1.165) is 14.7 Å². The zero-order chi connectivity index (χ0) is 9.97. The third kappa shape index (κ3) is 2.19. The van der Waals surface area contributed by atoms with Crippen LogP contribution in [0, 0.1) is 0 Å². The molecule has 0 amide bonds. The molecule has 0 aliphatic rings. The van der Waals surface area contributed by atoms with Crippen molar-refractivity contribution in [3.63, 3.8) is 0 Å². The predicted molar refractivity (Wildman–Crippen MR) is 60.6 cm³/mol. The highest BCUT2D eigenvalue weighted by Crippen LogP contribution is 2.32. The highest BCUT2D eigenvalue weighted by molar-refractivity contribution is 9.11. The molecule has 0 saturated heterocycles. The average molecular weight is 318 g/mol. The first-order valence-corrected chi connectivity index (χ1v) is 5.49. The third-order valence-corrected chi connectivity index (χ3v) is 2.76. The molecule has 2 nitrogen and oxygen atoms in total. The standard InChI is InChI=1S/C10H6Br2O2/c11-7-1-2-9(12)10(5-7)14-8-3-4-13-6-8/h1-6H. The number of hydrogen-bond donors (Lipinski definition) is 0. The quantitative estimate of drug-likeness (QED) is 0.808. The van der Waals surface area contributed by atoms with Crippen LogP contribution in [0.15, 0.2) is 50.2 Å². The Labute approximate surface area is 98.1 Å². The minimum atomic E-state index is 0.684. The summed E-state index contributed by atoms with van der Waals surface area (Å²) in [4.78, 5) is 0. The van der Waals surface area contributed by atoms with Gasteiger partial charge in [0.1, 0.15) is 12.0 Å². The highest BCUT2D eigenvalue weighted by Gasteiger charge is 2.03. The van der Waals surface area contributed by atoms with Gasteiger partial charge in [-0.1, -0.05) is 15.9 Å². The second-order valence-electron chi connectivity index (χ2n) is 2.64. The molecule has 0 unspecified atom stereocenters. The molecule has 0 spiro atoms. The van der Waals surface area contributed by atoms with Crippen LogP contribution in [0.25, 0.3) is 0 Å². The lowest BCUT2D eigenvalue weighted by atomic mass is 10.3. The summed E-state index contributed by atoms with van der Waals surface area (Å²) in [6.45, 7) is 0. The monoisotopic (exact) mass is 316 g/mol. The first kappa shape index (κ1) is 9.80. The molecule has 1 aromatic heterocycles. The topological polar surface area (TPSA) is 22.4 Å². The van der Waals surface area contributed by atoms with Crippen molar-refractivity contribution < 1.29 is 9.15 Å². The van der Waals surface area contributed by atoms with E-state index in [1.165, 1.54) is 0 Å². The minimum absolute atomic E-state index is 0.684. The van der Waals surface area contributed by atoms with Gasteiger partial charge < -0.3 is 9.15 Å². The predicted octanol–water partition coefficient (Wildman–Crippen LogP) is 4.60. The fourth-order valence-corrected chi connectivity index (χ4v) is 1.66. The molecule has 0 saturated carbocycles. The van der Waals surface area contributed by atoms with Crippen molar-refractivity contribution in [3.8, 4) is 11.5 Å². The van der Waals surface area contributed by atoms with Crippen molar-refractivity contribution in [3.05, 3.63) is 45.7 Å². The molecule has 2 aromatic rings. The Hall–Kier alpha value is -0.740. The van der Waals surface area contributed by atoms with Gasteiger partial charge in [-0.2, -0.15) is 0 Å². The van der Waals surface area contributed by atoms with Crippen LogP contribution in [0.2, 0.25) is 0 Å². The Kier molecular flexibility index (Phi) is 2.93. The van der Waals surface area contributed by atoms with E-state index in [1.807, 2.05) is 18.2 Å². The number of halogens is 2.